The Kier molecular flexibility index (Phi) is 6.83. The maximum Gasteiger partial charge on any atom is 0.264 e. The number of carbonyl (C=O) groups excluding carboxylic acids is 1. The van der Waals surface area contributed by atoms with E-state index in [1.165, 1.54) is 23.5 Å². The summed E-state index contributed by atoms with van der Waals surface area (Å²) < 4.78 is 27.5. The molecule has 7 heteroatoms. The first kappa shape index (κ1) is 22.3. The number of hydrogen-bond donors (Lipinski definition) is 0. The maximum absolute atomic E-state index is 13.1. The molecule has 1 aliphatic rings. The molecule has 2 aromatic rings. The van der Waals surface area contributed by atoms with E-state index in [1.54, 1.807) is 24.3 Å². The highest BCUT2D eigenvalue weighted by Gasteiger charge is 2.25. The highest BCUT2D eigenvalue weighted by molar-refractivity contribution is 7.92. The van der Waals surface area contributed by atoms with Crippen molar-refractivity contribution in [3.63, 3.8) is 0 Å². The molecule has 0 aromatic heterocycles. The molecule has 1 amide bonds. The fourth-order valence-corrected chi connectivity index (χ4v) is 4.92. The van der Waals surface area contributed by atoms with E-state index in [2.05, 4.69) is 18.7 Å². The summed E-state index contributed by atoms with van der Waals surface area (Å²) >= 11 is 0. The summed E-state index contributed by atoms with van der Waals surface area (Å²) in [7, 11) is -2.23. The molecular weight excluding hydrogens is 398 g/mol. The summed E-state index contributed by atoms with van der Waals surface area (Å²) in [5.74, 6) is 0.480. The van der Waals surface area contributed by atoms with Gasteiger partial charge in [0.05, 0.1) is 10.6 Å². The Bertz CT molecular complexity index is 979. The number of amides is 1. The van der Waals surface area contributed by atoms with Crippen LogP contribution in [-0.4, -0.2) is 63.9 Å². The number of sulfonamides is 1. The van der Waals surface area contributed by atoms with Crippen LogP contribution in [0, 0.1) is 12.8 Å². The molecule has 3 rings (SSSR count). The Balaban J connectivity index is 1.75. The number of nitrogens with zero attached hydrogens (tertiary/aromatic N) is 3. The second-order valence-corrected chi connectivity index (χ2v) is 10.3. The monoisotopic (exact) mass is 429 g/mol. The second-order valence-electron chi connectivity index (χ2n) is 8.32. The summed E-state index contributed by atoms with van der Waals surface area (Å²) in [4.78, 5) is 17.3. The molecule has 30 heavy (non-hydrogen) atoms. The number of benzene rings is 2. The topological polar surface area (TPSA) is 60.9 Å². The highest BCUT2D eigenvalue weighted by atomic mass is 32.2. The van der Waals surface area contributed by atoms with Gasteiger partial charge in [-0.1, -0.05) is 37.6 Å². The van der Waals surface area contributed by atoms with Crippen LogP contribution in [0.4, 0.5) is 5.69 Å². The van der Waals surface area contributed by atoms with E-state index < -0.39 is 10.0 Å². The first-order valence-corrected chi connectivity index (χ1v) is 11.8. The predicted molar refractivity (Wildman–Crippen MR) is 120 cm³/mol. The molecule has 0 spiro atoms. The van der Waals surface area contributed by atoms with Gasteiger partial charge in [-0.15, -0.1) is 0 Å². The van der Waals surface area contributed by atoms with Crippen LogP contribution in [-0.2, 0) is 10.0 Å². The molecule has 0 bridgehead atoms. The predicted octanol–water partition coefficient (Wildman–Crippen LogP) is 3.23. The molecular formula is C23H31N3O3S. The molecule has 162 valence electrons. The minimum Gasteiger partial charge on any atom is -0.336 e. The lowest BCUT2D eigenvalue weighted by atomic mass is 10.1. The number of rotatable bonds is 6. The van der Waals surface area contributed by atoms with Gasteiger partial charge in [-0.05, 0) is 43.2 Å². The van der Waals surface area contributed by atoms with Gasteiger partial charge >= 0.3 is 0 Å². The van der Waals surface area contributed by atoms with Crippen molar-refractivity contribution in [2.45, 2.75) is 25.7 Å². The molecule has 1 heterocycles. The van der Waals surface area contributed by atoms with E-state index in [0.717, 1.165) is 25.2 Å². The van der Waals surface area contributed by atoms with Gasteiger partial charge in [-0.3, -0.25) is 14.0 Å². The summed E-state index contributed by atoms with van der Waals surface area (Å²) in [6.07, 6.45) is 0. The van der Waals surface area contributed by atoms with Gasteiger partial charge in [0.25, 0.3) is 15.9 Å². The van der Waals surface area contributed by atoms with Gasteiger partial charge < -0.3 is 4.90 Å². The number of aryl methyl sites for hydroxylation is 1. The molecule has 0 unspecified atom stereocenters. The lowest BCUT2D eigenvalue weighted by Gasteiger charge is -2.35. The standard InChI is InChI=1S/C23H31N3O3S/c1-18(2)17-25-12-14-26(15-13-25)23(27)20-6-5-7-22(16-20)30(28,29)24(4)21-10-8-19(3)9-11-21/h5-11,16,18H,12-15,17H2,1-4H3. The lowest BCUT2D eigenvalue weighted by molar-refractivity contribution is 0.0623. The Morgan fingerprint density at radius 3 is 2.27 bits per heavy atom. The molecule has 2 aromatic carbocycles. The largest absolute Gasteiger partial charge is 0.336 e. The third-order valence-electron chi connectivity index (χ3n) is 5.42. The smallest absolute Gasteiger partial charge is 0.264 e. The van der Waals surface area contributed by atoms with E-state index in [1.807, 2.05) is 24.0 Å². The summed E-state index contributed by atoms with van der Waals surface area (Å²) in [5, 5.41) is 0. The molecule has 1 fully saturated rings. The molecule has 6 nitrogen and oxygen atoms in total. The SMILES string of the molecule is Cc1ccc(N(C)S(=O)(=O)c2cccc(C(=O)N3CCN(CC(C)C)CC3)c2)cc1. The van der Waals surface area contributed by atoms with Crippen molar-refractivity contribution in [3.05, 3.63) is 59.7 Å². The number of piperazine rings is 1. The van der Waals surface area contributed by atoms with Crippen molar-refractivity contribution in [3.8, 4) is 0 Å². The minimum atomic E-state index is -3.76. The number of anilines is 1. The molecule has 0 saturated carbocycles. The summed E-state index contributed by atoms with van der Waals surface area (Å²) in [6.45, 7) is 10.4. The van der Waals surface area contributed by atoms with Crippen LogP contribution in [0.3, 0.4) is 0 Å². The van der Waals surface area contributed by atoms with E-state index in [-0.39, 0.29) is 10.8 Å². The maximum atomic E-state index is 13.1. The average Bonchev–Trinajstić information content (AvgIpc) is 2.73. The first-order chi connectivity index (χ1) is 14.2. The van der Waals surface area contributed by atoms with E-state index >= 15 is 0 Å². The molecule has 0 N–H and O–H groups in total. The fraction of sp³-hybridized carbons (Fsp3) is 0.435. The van der Waals surface area contributed by atoms with Crippen molar-refractivity contribution in [1.82, 2.24) is 9.80 Å². The van der Waals surface area contributed by atoms with E-state index in [0.29, 0.717) is 30.3 Å². The molecule has 0 atom stereocenters. The van der Waals surface area contributed by atoms with Crippen molar-refractivity contribution in [2.24, 2.45) is 5.92 Å². The zero-order valence-electron chi connectivity index (χ0n) is 18.2. The Hall–Kier alpha value is -2.38. The third-order valence-corrected chi connectivity index (χ3v) is 7.20. The Morgan fingerprint density at radius 2 is 1.67 bits per heavy atom. The van der Waals surface area contributed by atoms with Crippen molar-refractivity contribution < 1.29 is 13.2 Å². The van der Waals surface area contributed by atoms with Gasteiger partial charge in [-0.2, -0.15) is 0 Å². The van der Waals surface area contributed by atoms with Crippen LogP contribution in [0.2, 0.25) is 0 Å². The summed E-state index contributed by atoms with van der Waals surface area (Å²) in [6, 6.07) is 13.7. The van der Waals surface area contributed by atoms with Crippen LogP contribution in [0.25, 0.3) is 0 Å². The van der Waals surface area contributed by atoms with Crippen LogP contribution in [0.15, 0.2) is 53.4 Å². The Morgan fingerprint density at radius 1 is 1.03 bits per heavy atom. The zero-order chi connectivity index (χ0) is 21.9. The van der Waals surface area contributed by atoms with Crippen LogP contribution in [0.1, 0.15) is 29.8 Å². The van der Waals surface area contributed by atoms with Gasteiger partial charge in [0, 0.05) is 45.3 Å². The first-order valence-electron chi connectivity index (χ1n) is 10.4. The minimum absolute atomic E-state index is 0.116. The lowest BCUT2D eigenvalue weighted by Crippen LogP contribution is -2.49. The molecule has 1 aliphatic heterocycles. The van der Waals surface area contributed by atoms with E-state index in [9.17, 15) is 13.2 Å². The third kappa shape index (κ3) is 5.02. The van der Waals surface area contributed by atoms with Crippen LogP contribution >= 0.6 is 0 Å². The van der Waals surface area contributed by atoms with Crippen LogP contribution < -0.4 is 4.31 Å². The second kappa shape index (κ2) is 9.18. The van der Waals surface area contributed by atoms with Gasteiger partial charge in [-0.25, -0.2) is 8.42 Å². The highest BCUT2D eigenvalue weighted by Crippen LogP contribution is 2.23. The quantitative estimate of drug-likeness (QED) is 0.707. The van der Waals surface area contributed by atoms with Crippen LogP contribution in [0.5, 0.6) is 0 Å². The Labute approximate surface area is 180 Å². The van der Waals surface area contributed by atoms with E-state index in [4.69, 9.17) is 0 Å². The van der Waals surface area contributed by atoms with Gasteiger partial charge in [0.1, 0.15) is 0 Å². The number of hydrogen-bond acceptors (Lipinski definition) is 4. The fourth-order valence-electron chi connectivity index (χ4n) is 3.67. The normalized spacial score (nSPS) is 15.4. The molecule has 0 radical (unpaired) electrons. The van der Waals surface area contributed by atoms with Crippen molar-refractivity contribution in [2.75, 3.05) is 44.1 Å². The summed E-state index contributed by atoms with van der Waals surface area (Å²) in [5.41, 5.74) is 2.05. The van der Waals surface area contributed by atoms with Crippen molar-refractivity contribution in [1.29, 1.82) is 0 Å². The van der Waals surface area contributed by atoms with Crippen molar-refractivity contribution >= 4 is 21.6 Å². The number of carbonyl (C=O) groups is 1. The zero-order valence-corrected chi connectivity index (χ0v) is 19.0. The molecule has 1 saturated heterocycles. The molecule has 0 aliphatic carbocycles. The van der Waals surface area contributed by atoms with Gasteiger partial charge in [0.2, 0.25) is 0 Å². The average molecular weight is 430 g/mol. The van der Waals surface area contributed by atoms with Gasteiger partial charge in [0.15, 0.2) is 0 Å².